The highest BCUT2D eigenvalue weighted by Crippen LogP contribution is 2.36. The molecule has 0 aliphatic carbocycles. The monoisotopic (exact) mass is 659 g/mol. The largest absolute Gasteiger partial charge is 0.489 e. The Labute approximate surface area is 242 Å². The van der Waals surface area contributed by atoms with Crippen LogP contribution in [0.4, 0.5) is 0 Å². The standard InChI is InChI=1S/C27H23ClIN5O3S/c1-3-18(37-27-22-21(38-34-27)14-31-24(28)23(22)29)11-17-7-4-5-9-20(17)36-15-16-12-32-25(33-13-16)19-8-6-10-30-26(19)35-2/h4-10,12-14,18H,3,11,15H2,1-2H3/t18-/m0/s1. The van der Waals surface area contributed by atoms with Crippen LogP contribution in [0, 0.1) is 3.57 Å². The summed E-state index contributed by atoms with van der Waals surface area (Å²) >= 11 is 9.79. The number of aromatic nitrogens is 5. The number of hydrogen-bond donors (Lipinski definition) is 0. The number of hydrogen-bond acceptors (Lipinski definition) is 9. The van der Waals surface area contributed by atoms with Gasteiger partial charge in [0.15, 0.2) is 5.82 Å². The Balaban J connectivity index is 1.28. The predicted molar refractivity (Wildman–Crippen MR) is 156 cm³/mol. The van der Waals surface area contributed by atoms with Crippen LogP contribution in [-0.4, -0.2) is 37.5 Å². The Kier molecular flexibility index (Phi) is 8.50. The molecule has 1 aromatic carbocycles. The Morgan fingerprint density at radius 3 is 2.61 bits per heavy atom. The molecule has 0 unspecified atom stereocenters. The number of fused-ring (bicyclic) bond motifs is 1. The lowest BCUT2D eigenvalue weighted by atomic mass is 10.0. The minimum absolute atomic E-state index is 0.0927. The van der Waals surface area contributed by atoms with E-state index in [0.717, 1.165) is 42.5 Å². The van der Waals surface area contributed by atoms with Crippen molar-refractivity contribution < 1.29 is 14.2 Å². The molecular weight excluding hydrogens is 637 g/mol. The molecule has 0 aliphatic heterocycles. The van der Waals surface area contributed by atoms with Crippen molar-refractivity contribution in [3.63, 3.8) is 0 Å². The Morgan fingerprint density at radius 2 is 1.82 bits per heavy atom. The van der Waals surface area contributed by atoms with E-state index < -0.39 is 0 Å². The van der Waals surface area contributed by atoms with E-state index in [1.165, 1.54) is 11.5 Å². The Morgan fingerprint density at radius 1 is 1.00 bits per heavy atom. The third kappa shape index (κ3) is 5.82. The summed E-state index contributed by atoms with van der Waals surface area (Å²) in [6, 6.07) is 11.7. The first-order chi connectivity index (χ1) is 18.6. The SMILES string of the molecule is CC[C@@H](Cc1ccccc1OCc1cnc(-c2cccnc2OC)nc1)Oc1nsc2cnc(Cl)c(I)c12. The molecule has 0 fully saturated rings. The number of ether oxygens (including phenoxy) is 3. The van der Waals surface area contributed by atoms with Crippen LogP contribution in [0.15, 0.2) is 61.2 Å². The summed E-state index contributed by atoms with van der Waals surface area (Å²) in [5.41, 5.74) is 2.63. The zero-order valence-corrected chi connectivity index (χ0v) is 24.3. The van der Waals surface area contributed by atoms with Gasteiger partial charge in [0, 0.05) is 36.8 Å². The van der Waals surface area contributed by atoms with E-state index in [4.69, 9.17) is 25.8 Å². The van der Waals surface area contributed by atoms with Crippen LogP contribution in [0.1, 0.15) is 24.5 Å². The molecule has 4 heterocycles. The Hall–Kier alpha value is -3.09. The highest BCUT2D eigenvalue weighted by Gasteiger charge is 2.19. The highest BCUT2D eigenvalue weighted by molar-refractivity contribution is 14.1. The number of halogens is 2. The maximum atomic E-state index is 6.37. The van der Waals surface area contributed by atoms with E-state index >= 15 is 0 Å². The molecule has 1 atom stereocenters. The van der Waals surface area contributed by atoms with Gasteiger partial charge in [0.05, 0.1) is 26.3 Å². The lowest BCUT2D eigenvalue weighted by Gasteiger charge is -2.19. The topological polar surface area (TPSA) is 92.1 Å². The molecule has 0 radical (unpaired) electrons. The quantitative estimate of drug-likeness (QED) is 0.120. The number of benzene rings is 1. The molecular formula is C27H23ClIN5O3S. The van der Waals surface area contributed by atoms with Gasteiger partial charge in [0.2, 0.25) is 11.8 Å². The first kappa shape index (κ1) is 26.5. The summed E-state index contributed by atoms with van der Waals surface area (Å²) in [5.74, 6) is 2.41. The van der Waals surface area contributed by atoms with Gasteiger partial charge in [0.25, 0.3) is 0 Å². The zero-order valence-electron chi connectivity index (χ0n) is 20.6. The molecule has 4 aromatic heterocycles. The van der Waals surface area contributed by atoms with Gasteiger partial charge in [-0.1, -0.05) is 36.7 Å². The molecule has 194 valence electrons. The highest BCUT2D eigenvalue weighted by atomic mass is 127. The molecule has 8 nitrogen and oxygen atoms in total. The van der Waals surface area contributed by atoms with Crippen LogP contribution in [0.5, 0.6) is 17.5 Å². The van der Waals surface area contributed by atoms with Gasteiger partial charge in [0.1, 0.15) is 23.6 Å². The second-order valence-electron chi connectivity index (χ2n) is 8.31. The van der Waals surface area contributed by atoms with Gasteiger partial charge < -0.3 is 14.2 Å². The average molecular weight is 660 g/mol. The number of methoxy groups -OCH3 is 1. The van der Waals surface area contributed by atoms with Crippen molar-refractivity contribution >= 4 is 55.8 Å². The number of nitrogens with zero attached hydrogens (tertiary/aromatic N) is 5. The van der Waals surface area contributed by atoms with Crippen molar-refractivity contribution in [3.8, 4) is 28.9 Å². The average Bonchev–Trinajstić information content (AvgIpc) is 3.37. The van der Waals surface area contributed by atoms with Crippen LogP contribution in [-0.2, 0) is 13.0 Å². The summed E-state index contributed by atoms with van der Waals surface area (Å²) in [4.78, 5) is 17.4. The Bertz CT molecular complexity index is 1550. The fourth-order valence-electron chi connectivity index (χ4n) is 3.87. The molecule has 38 heavy (non-hydrogen) atoms. The van der Waals surface area contributed by atoms with Crippen molar-refractivity contribution in [3.05, 3.63) is 81.0 Å². The predicted octanol–water partition coefficient (Wildman–Crippen LogP) is 6.79. The van der Waals surface area contributed by atoms with Crippen molar-refractivity contribution in [2.24, 2.45) is 0 Å². The summed E-state index contributed by atoms with van der Waals surface area (Å²) < 4.78 is 24.2. The molecule has 0 bridgehead atoms. The molecule has 5 aromatic rings. The number of para-hydroxylation sites is 1. The first-order valence-corrected chi connectivity index (χ1v) is 14.1. The summed E-state index contributed by atoms with van der Waals surface area (Å²) in [6.45, 7) is 2.43. The minimum atomic E-state index is -0.0927. The molecule has 0 saturated carbocycles. The van der Waals surface area contributed by atoms with Gasteiger partial charge >= 0.3 is 0 Å². The molecule has 0 N–H and O–H groups in total. The second-order valence-corrected chi connectivity index (χ2v) is 10.6. The van der Waals surface area contributed by atoms with E-state index in [9.17, 15) is 0 Å². The smallest absolute Gasteiger partial charge is 0.234 e. The van der Waals surface area contributed by atoms with Gasteiger partial charge in [-0.3, -0.25) is 0 Å². The van der Waals surface area contributed by atoms with Crippen LogP contribution in [0.3, 0.4) is 0 Å². The maximum absolute atomic E-state index is 6.37. The lowest BCUT2D eigenvalue weighted by Crippen LogP contribution is -2.19. The van der Waals surface area contributed by atoms with E-state index in [2.05, 4.69) is 59.9 Å². The van der Waals surface area contributed by atoms with Gasteiger partial charge in [-0.2, -0.15) is 4.37 Å². The normalized spacial score (nSPS) is 11.9. The van der Waals surface area contributed by atoms with Crippen LogP contribution < -0.4 is 14.2 Å². The maximum Gasteiger partial charge on any atom is 0.234 e. The fraction of sp³-hybridized carbons (Fsp3) is 0.222. The molecule has 0 spiro atoms. The summed E-state index contributed by atoms with van der Waals surface area (Å²) in [5, 5.41) is 1.36. The van der Waals surface area contributed by atoms with Crippen molar-refractivity contribution in [2.45, 2.75) is 32.5 Å². The van der Waals surface area contributed by atoms with E-state index in [1.807, 2.05) is 30.3 Å². The van der Waals surface area contributed by atoms with E-state index in [-0.39, 0.29) is 6.10 Å². The molecule has 0 amide bonds. The van der Waals surface area contributed by atoms with E-state index in [1.54, 1.807) is 31.9 Å². The summed E-state index contributed by atoms with van der Waals surface area (Å²) in [6.07, 6.45) is 8.28. The van der Waals surface area contributed by atoms with Gasteiger partial charge in [-0.15, -0.1) is 0 Å². The summed E-state index contributed by atoms with van der Waals surface area (Å²) in [7, 11) is 1.58. The zero-order chi connectivity index (χ0) is 26.5. The van der Waals surface area contributed by atoms with Crippen molar-refractivity contribution in [2.75, 3.05) is 7.11 Å². The molecule has 11 heteroatoms. The van der Waals surface area contributed by atoms with Gasteiger partial charge in [-0.25, -0.2) is 19.9 Å². The second kappa shape index (κ2) is 12.2. The van der Waals surface area contributed by atoms with E-state index in [0.29, 0.717) is 35.8 Å². The minimum Gasteiger partial charge on any atom is -0.489 e. The molecule has 0 saturated heterocycles. The molecule has 0 aliphatic rings. The first-order valence-electron chi connectivity index (χ1n) is 11.8. The third-order valence-electron chi connectivity index (χ3n) is 5.84. The number of rotatable bonds is 10. The fourth-order valence-corrected chi connectivity index (χ4v) is 5.55. The van der Waals surface area contributed by atoms with Crippen LogP contribution in [0.2, 0.25) is 5.15 Å². The lowest BCUT2D eigenvalue weighted by molar-refractivity contribution is 0.191. The van der Waals surface area contributed by atoms with Crippen molar-refractivity contribution in [1.29, 1.82) is 0 Å². The molecule has 5 rings (SSSR count). The number of pyridine rings is 2. The van der Waals surface area contributed by atoms with Crippen LogP contribution in [0.25, 0.3) is 21.5 Å². The van der Waals surface area contributed by atoms with Crippen LogP contribution >= 0.6 is 45.7 Å². The van der Waals surface area contributed by atoms with Crippen molar-refractivity contribution in [1.82, 2.24) is 24.3 Å². The van der Waals surface area contributed by atoms with Gasteiger partial charge in [-0.05, 0) is 64.3 Å². The third-order valence-corrected chi connectivity index (χ3v) is 8.26.